The van der Waals surface area contributed by atoms with Gasteiger partial charge < -0.3 is 14.8 Å². The van der Waals surface area contributed by atoms with Crippen LogP contribution in [0.15, 0.2) is 29.0 Å². The highest BCUT2D eigenvalue weighted by atomic mass is 79.9. The molecule has 0 amide bonds. The van der Waals surface area contributed by atoms with Crippen molar-refractivity contribution >= 4 is 21.7 Å². The van der Waals surface area contributed by atoms with Crippen molar-refractivity contribution in [3.8, 4) is 22.8 Å². The Hall–Kier alpha value is -1.82. The standard InChI is InChI=1S/C15H18BrN3O2/c1-4-5-18-15-14(17-6-7-19-15)10-8-12(20-2)13(21-3)9-11(10)16/h6-9H,4-5H2,1-3H3,(H,18,19). The van der Waals surface area contributed by atoms with Crippen LogP contribution < -0.4 is 14.8 Å². The molecule has 0 radical (unpaired) electrons. The van der Waals surface area contributed by atoms with Crippen molar-refractivity contribution in [2.24, 2.45) is 0 Å². The quantitative estimate of drug-likeness (QED) is 0.858. The molecule has 1 aromatic carbocycles. The van der Waals surface area contributed by atoms with Gasteiger partial charge in [-0.2, -0.15) is 0 Å². The molecule has 0 spiro atoms. The minimum atomic E-state index is 0.655. The Morgan fingerprint density at radius 1 is 1.10 bits per heavy atom. The summed E-state index contributed by atoms with van der Waals surface area (Å²) in [5.74, 6) is 2.08. The predicted octanol–water partition coefficient (Wildman–Crippen LogP) is 3.75. The molecule has 0 atom stereocenters. The van der Waals surface area contributed by atoms with Gasteiger partial charge in [0.25, 0.3) is 0 Å². The number of benzene rings is 1. The Labute approximate surface area is 132 Å². The van der Waals surface area contributed by atoms with Gasteiger partial charge in [-0.05, 0) is 34.5 Å². The van der Waals surface area contributed by atoms with E-state index in [0.717, 1.165) is 34.5 Å². The number of aromatic nitrogens is 2. The monoisotopic (exact) mass is 351 g/mol. The van der Waals surface area contributed by atoms with Crippen molar-refractivity contribution in [2.75, 3.05) is 26.1 Å². The Morgan fingerprint density at radius 2 is 1.76 bits per heavy atom. The summed E-state index contributed by atoms with van der Waals surface area (Å²) in [4.78, 5) is 8.81. The maximum absolute atomic E-state index is 5.36. The number of nitrogens with one attached hydrogen (secondary N) is 1. The smallest absolute Gasteiger partial charge is 0.161 e. The lowest BCUT2D eigenvalue weighted by Crippen LogP contribution is -2.05. The molecule has 0 saturated heterocycles. The van der Waals surface area contributed by atoms with Crippen LogP contribution in [0.2, 0.25) is 0 Å². The zero-order chi connectivity index (χ0) is 15.2. The molecule has 112 valence electrons. The van der Waals surface area contributed by atoms with Crippen molar-refractivity contribution in [2.45, 2.75) is 13.3 Å². The average molecular weight is 352 g/mol. The molecule has 0 unspecified atom stereocenters. The number of ether oxygens (including phenoxy) is 2. The molecule has 6 heteroatoms. The van der Waals surface area contributed by atoms with E-state index in [2.05, 4.69) is 38.1 Å². The van der Waals surface area contributed by atoms with Gasteiger partial charge in [-0.3, -0.25) is 4.98 Å². The van der Waals surface area contributed by atoms with E-state index in [4.69, 9.17) is 9.47 Å². The molecule has 1 aromatic heterocycles. The van der Waals surface area contributed by atoms with E-state index < -0.39 is 0 Å². The zero-order valence-corrected chi connectivity index (χ0v) is 13.9. The number of methoxy groups -OCH3 is 2. The van der Waals surface area contributed by atoms with Crippen LogP contribution in [0, 0.1) is 0 Å². The highest BCUT2D eigenvalue weighted by molar-refractivity contribution is 9.10. The number of halogens is 1. The van der Waals surface area contributed by atoms with Crippen LogP contribution in [-0.4, -0.2) is 30.7 Å². The molecule has 21 heavy (non-hydrogen) atoms. The van der Waals surface area contributed by atoms with E-state index in [9.17, 15) is 0 Å². The first-order valence-corrected chi connectivity index (χ1v) is 7.47. The van der Waals surface area contributed by atoms with Crippen LogP contribution in [0.3, 0.4) is 0 Å². The van der Waals surface area contributed by atoms with Gasteiger partial charge in [0.2, 0.25) is 0 Å². The number of hydrogen-bond donors (Lipinski definition) is 1. The Balaban J connectivity index is 2.51. The molecule has 0 aliphatic rings. The Bertz CT molecular complexity index is 620. The first kappa shape index (κ1) is 15.6. The van der Waals surface area contributed by atoms with Crippen LogP contribution in [-0.2, 0) is 0 Å². The van der Waals surface area contributed by atoms with Crippen LogP contribution in [0.5, 0.6) is 11.5 Å². The van der Waals surface area contributed by atoms with Gasteiger partial charge in [0.05, 0.1) is 14.2 Å². The number of hydrogen-bond acceptors (Lipinski definition) is 5. The highest BCUT2D eigenvalue weighted by Gasteiger charge is 2.15. The summed E-state index contributed by atoms with van der Waals surface area (Å²) in [7, 11) is 3.23. The molecule has 5 nitrogen and oxygen atoms in total. The molecule has 0 saturated carbocycles. The van der Waals surface area contributed by atoms with Gasteiger partial charge >= 0.3 is 0 Å². The summed E-state index contributed by atoms with van der Waals surface area (Å²) in [6, 6.07) is 3.76. The molecule has 0 bridgehead atoms. The van der Waals surface area contributed by atoms with Crippen molar-refractivity contribution in [1.82, 2.24) is 9.97 Å². The normalized spacial score (nSPS) is 10.3. The summed E-state index contributed by atoms with van der Waals surface area (Å²) in [5.41, 5.74) is 1.68. The fraction of sp³-hybridized carbons (Fsp3) is 0.333. The molecule has 0 aliphatic heterocycles. The summed E-state index contributed by atoms with van der Waals surface area (Å²) in [6.07, 6.45) is 4.37. The average Bonchev–Trinajstić information content (AvgIpc) is 2.53. The summed E-state index contributed by atoms with van der Waals surface area (Å²) >= 11 is 3.56. The predicted molar refractivity (Wildman–Crippen MR) is 87.1 cm³/mol. The Kier molecular flexibility index (Phi) is 5.38. The van der Waals surface area contributed by atoms with Gasteiger partial charge in [0.15, 0.2) is 17.3 Å². The van der Waals surface area contributed by atoms with Gasteiger partial charge in [0, 0.05) is 29.0 Å². The number of anilines is 1. The van der Waals surface area contributed by atoms with Crippen LogP contribution in [0.4, 0.5) is 5.82 Å². The number of rotatable bonds is 6. The minimum absolute atomic E-state index is 0.655. The molecule has 1 heterocycles. The van der Waals surface area contributed by atoms with Gasteiger partial charge in [-0.25, -0.2) is 4.98 Å². The lowest BCUT2D eigenvalue weighted by Gasteiger charge is -2.14. The molecule has 0 aliphatic carbocycles. The molecule has 0 fully saturated rings. The molecular formula is C15H18BrN3O2. The van der Waals surface area contributed by atoms with Crippen LogP contribution >= 0.6 is 15.9 Å². The largest absolute Gasteiger partial charge is 0.493 e. The van der Waals surface area contributed by atoms with Crippen molar-refractivity contribution < 1.29 is 9.47 Å². The van der Waals surface area contributed by atoms with Gasteiger partial charge in [-0.15, -0.1) is 0 Å². The van der Waals surface area contributed by atoms with E-state index in [1.165, 1.54) is 0 Å². The van der Waals surface area contributed by atoms with Gasteiger partial charge in [-0.1, -0.05) is 6.92 Å². The first-order valence-electron chi connectivity index (χ1n) is 6.68. The number of nitrogens with zero attached hydrogens (tertiary/aromatic N) is 2. The molecule has 2 aromatic rings. The highest BCUT2D eigenvalue weighted by Crippen LogP contribution is 2.39. The maximum Gasteiger partial charge on any atom is 0.161 e. The second-order valence-electron chi connectivity index (χ2n) is 4.37. The minimum Gasteiger partial charge on any atom is -0.493 e. The van der Waals surface area contributed by atoms with Crippen LogP contribution in [0.1, 0.15) is 13.3 Å². The van der Waals surface area contributed by atoms with E-state index >= 15 is 0 Å². The van der Waals surface area contributed by atoms with Gasteiger partial charge in [0.1, 0.15) is 5.69 Å². The van der Waals surface area contributed by atoms with Crippen molar-refractivity contribution in [1.29, 1.82) is 0 Å². The second-order valence-corrected chi connectivity index (χ2v) is 5.22. The lowest BCUT2D eigenvalue weighted by atomic mass is 10.1. The van der Waals surface area contributed by atoms with E-state index in [-0.39, 0.29) is 0 Å². The third-order valence-electron chi connectivity index (χ3n) is 2.97. The third-order valence-corrected chi connectivity index (χ3v) is 3.63. The maximum atomic E-state index is 5.36. The fourth-order valence-electron chi connectivity index (χ4n) is 1.94. The summed E-state index contributed by atoms with van der Waals surface area (Å²) in [6.45, 7) is 2.95. The van der Waals surface area contributed by atoms with E-state index in [1.54, 1.807) is 26.6 Å². The topological polar surface area (TPSA) is 56.3 Å². The lowest BCUT2D eigenvalue weighted by molar-refractivity contribution is 0.355. The summed E-state index contributed by atoms with van der Waals surface area (Å²) < 4.78 is 11.5. The van der Waals surface area contributed by atoms with E-state index in [0.29, 0.717) is 11.5 Å². The summed E-state index contributed by atoms with van der Waals surface area (Å²) in [5, 5.41) is 3.29. The van der Waals surface area contributed by atoms with E-state index in [1.807, 2.05) is 12.1 Å². The molecule has 1 N–H and O–H groups in total. The van der Waals surface area contributed by atoms with Crippen LogP contribution in [0.25, 0.3) is 11.3 Å². The van der Waals surface area contributed by atoms with Crippen molar-refractivity contribution in [3.63, 3.8) is 0 Å². The molecular weight excluding hydrogens is 334 g/mol. The molecule has 2 rings (SSSR count). The second kappa shape index (κ2) is 7.26. The SMILES string of the molecule is CCCNc1nccnc1-c1cc(OC)c(OC)cc1Br. The first-order chi connectivity index (χ1) is 10.2. The third kappa shape index (κ3) is 3.44. The fourth-order valence-corrected chi connectivity index (χ4v) is 2.45. The van der Waals surface area contributed by atoms with Crippen molar-refractivity contribution in [3.05, 3.63) is 29.0 Å². The Morgan fingerprint density at radius 3 is 2.43 bits per heavy atom. The zero-order valence-electron chi connectivity index (χ0n) is 12.3.